The molecule has 4 unspecified atom stereocenters. The maximum absolute atomic E-state index is 10.3. The van der Waals surface area contributed by atoms with E-state index in [1.54, 1.807) is 19.1 Å². The minimum absolute atomic E-state index is 0.241. The lowest BCUT2D eigenvalue weighted by Gasteiger charge is -2.48. The van der Waals surface area contributed by atoms with Crippen molar-refractivity contribution in [3.8, 4) is 18.2 Å². The Balaban J connectivity index is 1.95. The predicted molar refractivity (Wildman–Crippen MR) is 95.1 cm³/mol. The molecule has 1 N–H and O–H groups in total. The molecule has 1 aromatic carbocycles. The van der Waals surface area contributed by atoms with Gasteiger partial charge in [-0.15, -0.1) is 0 Å². The fourth-order valence-corrected chi connectivity index (χ4v) is 4.43. The lowest BCUT2D eigenvalue weighted by molar-refractivity contribution is -0.276. The van der Waals surface area contributed by atoms with Crippen molar-refractivity contribution in [1.82, 2.24) is 0 Å². The van der Waals surface area contributed by atoms with E-state index in [1.807, 2.05) is 42.5 Å². The Hall–Kier alpha value is -3.60. The van der Waals surface area contributed by atoms with E-state index < -0.39 is 34.5 Å². The zero-order valence-corrected chi connectivity index (χ0v) is 15.0. The summed E-state index contributed by atoms with van der Waals surface area (Å²) in [5.41, 5.74) is -2.93. The van der Waals surface area contributed by atoms with Gasteiger partial charge in [-0.3, -0.25) is 5.41 Å². The normalized spacial score (nSPS) is 32.6. The summed E-state index contributed by atoms with van der Waals surface area (Å²) in [5.74, 6) is -2.27. The topological polar surface area (TPSA) is 127 Å². The SMILES string of the molecule is CC12OC(=N)C(C#N)(C1Cc1ccccc1)C(C#N)(C#N)C(c1ccco1)O2. The average Bonchev–Trinajstić information content (AvgIpc) is 3.29. The molecule has 1 aromatic heterocycles. The zero-order valence-electron chi connectivity index (χ0n) is 15.0. The van der Waals surface area contributed by atoms with E-state index in [4.69, 9.17) is 19.3 Å². The molecule has 138 valence electrons. The molecule has 2 aromatic rings. The number of furan rings is 1. The molecule has 2 aliphatic rings. The van der Waals surface area contributed by atoms with Crippen LogP contribution in [0.25, 0.3) is 0 Å². The van der Waals surface area contributed by atoms with Gasteiger partial charge in [0.2, 0.25) is 17.1 Å². The van der Waals surface area contributed by atoms with Gasteiger partial charge in [0.1, 0.15) is 5.76 Å². The number of fused-ring (bicyclic) bond motifs is 2. The highest BCUT2D eigenvalue weighted by Crippen LogP contribution is 2.66. The van der Waals surface area contributed by atoms with Crippen LogP contribution in [-0.2, 0) is 15.9 Å². The molecule has 4 rings (SSSR count). The van der Waals surface area contributed by atoms with E-state index in [0.29, 0.717) is 6.42 Å². The fraction of sp³-hybridized carbons (Fsp3) is 0.333. The highest BCUT2D eigenvalue weighted by molar-refractivity contribution is 5.89. The number of hydrogen-bond donors (Lipinski definition) is 1. The standard InChI is InChI=1S/C21H16N4O3/c1-19-16(10-14-6-3-2-4-7-14)21(13-24,18(25)28-19)20(11-22,12-23)17(27-19)15-8-5-9-26-15/h2-9,16-17,25H,10H2,1H3. The van der Waals surface area contributed by atoms with Crippen LogP contribution in [0.3, 0.4) is 0 Å². The van der Waals surface area contributed by atoms with Crippen LogP contribution in [0.5, 0.6) is 0 Å². The Morgan fingerprint density at radius 2 is 1.75 bits per heavy atom. The van der Waals surface area contributed by atoms with Gasteiger partial charge in [0.05, 0.1) is 30.4 Å². The van der Waals surface area contributed by atoms with Gasteiger partial charge in [0.15, 0.2) is 11.5 Å². The van der Waals surface area contributed by atoms with Gasteiger partial charge in [-0.1, -0.05) is 30.3 Å². The van der Waals surface area contributed by atoms with Crippen LogP contribution in [0.2, 0.25) is 0 Å². The van der Waals surface area contributed by atoms with Crippen molar-refractivity contribution in [1.29, 1.82) is 21.2 Å². The first-order valence-electron chi connectivity index (χ1n) is 8.74. The summed E-state index contributed by atoms with van der Waals surface area (Å²) in [5, 5.41) is 39.0. The number of ether oxygens (including phenoxy) is 2. The van der Waals surface area contributed by atoms with Crippen molar-refractivity contribution < 1.29 is 13.9 Å². The monoisotopic (exact) mass is 372 g/mol. The molecule has 0 spiro atoms. The van der Waals surface area contributed by atoms with Gasteiger partial charge in [-0.25, -0.2) is 0 Å². The van der Waals surface area contributed by atoms with Crippen LogP contribution in [0.4, 0.5) is 0 Å². The van der Waals surface area contributed by atoms with Gasteiger partial charge in [-0.05, 0) is 24.1 Å². The van der Waals surface area contributed by atoms with E-state index in [-0.39, 0.29) is 5.76 Å². The zero-order chi connectivity index (χ0) is 20.0. The van der Waals surface area contributed by atoms with E-state index in [2.05, 4.69) is 6.07 Å². The molecule has 4 atom stereocenters. The molecule has 0 saturated carbocycles. The molecule has 7 nitrogen and oxygen atoms in total. The smallest absolute Gasteiger partial charge is 0.215 e. The van der Waals surface area contributed by atoms with Crippen molar-refractivity contribution in [2.45, 2.75) is 25.2 Å². The molecule has 2 aliphatic heterocycles. The number of nitriles is 3. The minimum Gasteiger partial charge on any atom is -0.466 e. The third kappa shape index (κ3) is 2.01. The second-order valence-corrected chi connectivity index (χ2v) is 7.15. The molecule has 0 aliphatic carbocycles. The minimum atomic E-state index is -2.01. The Kier molecular flexibility index (Phi) is 3.79. The molecular formula is C21H16N4O3. The maximum Gasteiger partial charge on any atom is 0.215 e. The quantitative estimate of drug-likeness (QED) is 0.879. The third-order valence-electron chi connectivity index (χ3n) is 5.80. The third-order valence-corrected chi connectivity index (χ3v) is 5.80. The van der Waals surface area contributed by atoms with Gasteiger partial charge < -0.3 is 13.9 Å². The second kappa shape index (κ2) is 5.96. The van der Waals surface area contributed by atoms with Crippen LogP contribution < -0.4 is 0 Å². The van der Waals surface area contributed by atoms with Gasteiger partial charge in [-0.2, -0.15) is 15.8 Å². The van der Waals surface area contributed by atoms with Crippen molar-refractivity contribution in [2.24, 2.45) is 16.7 Å². The Bertz CT molecular complexity index is 1030. The Labute approximate surface area is 161 Å². The fourth-order valence-electron chi connectivity index (χ4n) is 4.43. The maximum atomic E-state index is 10.3. The summed E-state index contributed by atoms with van der Waals surface area (Å²) in [4.78, 5) is 0. The number of hydrogen-bond acceptors (Lipinski definition) is 7. The summed E-state index contributed by atoms with van der Waals surface area (Å²) in [6, 6.07) is 18.7. The molecular weight excluding hydrogens is 356 g/mol. The number of rotatable bonds is 3. The van der Waals surface area contributed by atoms with Crippen LogP contribution in [0.15, 0.2) is 53.1 Å². The summed E-state index contributed by atoms with van der Waals surface area (Å²) >= 11 is 0. The largest absolute Gasteiger partial charge is 0.466 e. The second-order valence-electron chi connectivity index (χ2n) is 7.15. The van der Waals surface area contributed by atoms with Gasteiger partial charge in [0.25, 0.3) is 0 Å². The molecule has 0 radical (unpaired) electrons. The summed E-state index contributed by atoms with van der Waals surface area (Å²) < 4.78 is 17.3. The van der Waals surface area contributed by atoms with Crippen LogP contribution >= 0.6 is 0 Å². The van der Waals surface area contributed by atoms with Crippen molar-refractivity contribution in [3.63, 3.8) is 0 Å². The lowest BCUT2D eigenvalue weighted by atomic mass is 9.53. The first-order valence-corrected chi connectivity index (χ1v) is 8.74. The van der Waals surface area contributed by atoms with Crippen molar-refractivity contribution >= 4 is 5.90 Å². The van der Waals surface area contributed by atoms with E-state index >= 15 is 0 Å². The average molecular weight is 372 g/mol. The molecule has 0 amide bonds. The first kappa shape index (κ1) is 17.8. The van der Waals surface area contributed by atoms with Crippen molar-refractivity contribution in [3.05, 3.63) is 60.1 Å². The number of nitrogens with zero attached hydrogens (tertiary/aromatic N) is 3. The summed E-state index contributed by atoms with van der Waals surface area (Å²) in [7, 11) is 0. The van der Waals surface area contributed by atoms with Crippen LogP contribution in [0.1, 0.15) is 24.4 Å². The van der Waals surface area contributed by atoms with E-state index in [1.165, 1.54) is 6.26 Å². The molecule has 7 heteroatoms. The summed E-state index contributed by atoms with van der Waals surface area (Å²) in [6.45, 7) is 1.64. The van der Waals surface area contributed by atoms with Crippen LogP contribution in [0, 0.1) is 56.2 Å². The molecule has 2 fully saturated rings. The molecule has 2 bridgehead atoms. The molecule has 2 saturated heterocycles. The van der Waals surface area contributed by atoms with E-state index in [0.717, 1.165) is 5.56 Å². The Morgan fingerprint density at radius 3 is 2.32 bits per heavy atom. The van der Waals surface area contributed by atoms with Crippen molar-refractivity contribution in [2.75, 3.05) is 0 Å². The molecule has 3 heterocycles. The van der Waals surface area contributed by atoms with Gasteiger partial charge in [0, 0.05) is 6.92 Å². The first-order chi connectivity index (χ1) is 13.5. The van der Waals surface area contributed by atoms with E-state index in [9.17, 15) is 15.8 Å². The number of nitrogens with one attached hydrogen (secondary N) is 1. The lowest BCUT2D eigenvalue weighted by Crippen LogP contribution is -2.59. The van der Waals surface area contributed by atoms with Crippen LogP contribution in [-0.4, -0.2) is 11.7 Å². The summed E-state index contributed by atoms with van der Waals surface area (Å²) in [6.07, 6.45) is 0.546. The predicted octanol–water partition coefficient (Wildman–Crippen LogP) is 3.48. The van der Waals surface area contributed by atoms with Gasteiger partial charge >= 0.3 is 0 Å². The highest BCUT2D eigenvalue weighted by atomic mass is 16.7. The Morgan fingerprint density at radius 1 is 1.04 bits per heavy atom. The molecule has 28 heavy (non-hydrogen) atoms. The number of benzene rings is 1. The highest BCUT2D eigenvalue weighted by Gasteiger charge is 2.79.